The molecule has 1 aromatic rings. The molecule has 0 amide bonds. The average molecular weight is 160 g/mol. The lowest BCUT2D eigenvalue weighted by Crippen LogP contribution is -2.10. The summed E-state index contributed by atoms with van der Waals surface area (Å²) in [4.78, 5) is 0. The Hall–Kier alpha value is -1.08. The molecule has 0 aliphatic heterocycles. The summed E-state index contributed by atoms with van der Waals surface area (Å²) in [5.41, 5.74) is 6.81. The SMILES string of the molecule is C/C=C/[C](CN)c1ccccc1. The zero-order chi connectivity index (χ0) is 8.81. The predicted molar refractivity (Wildman–Crippen MR) is 52.7 cm³/mol. The molecule has 0 bridgehead atoms. The van der Waals surface area contributed by atoms with Gasteiger partial charge >= 0.3 is 0 Å². The van der Waals surface area contributed by atoms with Gasteiger partial charge in [0.25, 0.3) is 0 Å². The van der Waals surface area contributed by atoms with E-state index in [1.54, 1.807) is 0 Å². The summed E-state index contributed by atoms with van der Waals surface area (Å²) in [6.45, 7) is 2.59. The Morgan fingerprint density at radius 3 is 2.50 bits per heavy atom. The van der Waals surface area contributed by atoms with Crippen molar-refractivity contribution in [2.75, 3.05) is 6.54 Å². The normalized spacial score (nSPS) is 11.2. The first kappa shape index (κ1) is 9.01. The van der Waals surface area contributed by atoms with Crippen molar-refractivity contribution in [3.63, 3.8) is 0 Å². The van der Waals surface area contributed by atoms with Crippen LogP contribution in [0.5, 0.6) is 0 Å². The van der Waals surface area contributed by atoms with Crippen molar-refractivity contribution < 1.29 is 0 Å². The number of hydrogen-bond donors (Lipinski definition) is 1. The van der Waals surface area contributed by atoms with Crippen molar-refractivity contribution in [3.8, 4) is 0 Å². The van der Waals surface area contributed by atoms with Crippen molar-refractivity contribution in [3.05, 3.63) is 54.0 Å². The summed E-state index contributed by atoms with van der Waals surface area (Å²) in [6.07, 6.45) is 4.06. The van der Waals surface area contributed by atoms with E-state index in [2.05, 4.69) is 18.2 Å². The number of allylic oxidation sites excluding steroid dienone is 1. The van der Waals surface area contributed by atoms with Gasteiger partial charge in [0, 0.05) is 12.5 Å². The molecular weight excluding hydrogens is 146 g/mol. The maximum atomic E-state index is 5.60. The summed E-state index contributed by atoms with van der Waals surface area (Å²) in [6, 6.07) is 10.2. The van der Waals surface area contributed by atoms with Gasteiger partial charge in [-0.15, -0.1) is 0 Å². The van der Waals surface area contributed by atoms with Crippen molar-refractivity contribution in [1.29, 1.82) is 0 Å². The second kappa shape index (κ2) is 4.73. The maximum Gasteiger partial charge on any atom is 0.0398 e. The molecule has 63 valence electrons. The van der Waals surface area contributed by atoms with Crippen LogP contribution in [-0.4, -0.2) is 6.54 Å². The Morgan fingerprint density at radius 2 is 2.00 bits per heavy atom. The van der Waals surface area contributed by atoms with Crippen LogP contribution < -0.4 is 5.73 Å². The lowest BCUT2D eigenvalue weighted by Gasteiger charge is -2.08. The molecule has 12 heavy (non-hydrogen) atoms. The van der Waals surface area contributed by atoms with Crippen LogP contribution in [0.25, 0.3) is 0 Å². The molecule has 0 spiro atoms. The van der Waals surface area contributed by atoms with Crippen LogP contribution in [0.4, 0.5) is 0 Å². The number of hydrogen-bond acceptors (Lipinski definition) is 1. The molecule has 0 aliphatic rings. The van der Waals surface area contributed by atoms with E-state index in [-0.39, 0.29) is 0 Å². The largest absolute Gasteiger partial charge is 0.329 e. The standard InChI is InChI=1S/C11H14N/c1-2-6-11(9-12)10-7-4-3-5-8-10/h2-8H,9,12H2,1H3/b6-2+. The van der Waals surface area contributed by atoms with Gasteiger partial charge in [-0.3, -0.25) is 0 Å². The Bertz CT molecular complexity index is 238. The first-order valence-corrected chi connectivity index (χ1v) is 4.12. The van der Waals surface area contributed by atoms with Gasteiger partial charge in [0.1, 0.15) is 0 Å². The van der Waals surface area contributed by atoms with E-state index < -0.39 is 0 Å². The van der Waals surface area contributed by atoms with Crippen LogP contribution >= 0.6 is 0 Å². The minimum Gasteiger partial charge on any atom is -0.329 e. The predicted octanol–water partition coefficient (Wildman–Crippen LogP) is 2.14. The highest BCUT2D eigenvalue weighted by Gasteiger charge is 2.03. The fourth-order valence-corrected chi connectivity index (χ4v) is 1.14. The molecule has 1 rings (SSSR count). The number of rotatable bonds is 3. The summed E-state index contributed by atoms with van der Waals surface area (Å²) >= 11 is 0. The highest BCUT2D eigenvalue weighted by atomic mass is 14.5. The molecule has 0 aliphatic carbocycles. The van der Waals surface area contributed by atoms with Crippen molar-refractivity contribution >= 4 is 0 Å². The maximum absolute atomic E-state index is 5.60. The Labute approximate surface area is 73.9 Å². The van der Waals surface area contributed by atoms with Crippen LogP contribution in [-0.2, 0) is 0 Å². The molecular formula is C11H14N. The van der Waals surface area contributed by atoms with Crippen molar-refractivity contribution in [2.45, 2.75) is 6.92 Å². The summed E-state index contributed by atoms with van der Waals surface area (Å²) in [5, 5.41) is 0. The van der Waals surface area contributed by atoms with Gasteiger partial charge in [0.2, 0.25) is 0 Å². The van der Waals surface area contributed by atoms with Crippen LogP contribution in [0.3, 0.4) is 0 Å². The molecule has 1 heteroatoms. The molecule has 0 saturated carbocycles. The highest BCUT2D eigenvalue weighted by molar-refractivity contribution is 5.37. The molecule has 1 nitrogen and oxygen atoms in total. The van der Waals surface area contributed by atoms with Gasteiger partial charge in [-0.05, 0) is 12.5 Å². The van der Waals surface area contributed by atoms with Crippen molar-refractivity contribution in [1.82, 2.24) is 0 Å². The third-order valence-electron chi connectivity index (χ3n) is 1.73. The first-order valence-electron chi connectivity index (χ1n) is 4.12. The third kappa shape index (κ3) is 2.21. The van der Waals surface area contributed by atoms with E-state index in [0.29, 0.717) is 6.54 Å². The molecule has 0 fully saturated rings. The Kier molecular flexibility index (Phi) is 3.55. The quantitative estimate of drug-likeness (QED) is 0.720. The van der Waals surface area contributed by atoms with Gasteiger partial charge in [0.15, 0.2) is 0 Å². The van der Waals surface area contributed by atoms with Crippen molar-refractivity contribution in [2.24, 2.45) is 5.73 Å². The molecule has 0 heterocycles. The Morgan fingerprint density at radius 1 is 1.33 bits per heavy atom. The second-order valence-electron chi connectivity index (χ2n) is 2.60. The molecule has 0 unspecified atom stereocenters. The van der Waals surface area contributed by atoms with E-state index in [9.17, 15) is 0 Å². The summed E-state index contributed by atoms with van der Waals surface area (Å²) < 4.78 is 0. The van der Waals surface area contributed by atoms with Crippen LogP contribution in [0.15, 0.2) is 42.5 Å². The minimum absolute atomic E-state index is 0.592. The van der Waals surface area contributed by atoms with E-state index in [0.717, 1.165) is 0 Å². The smallest absolute Gasteiger partial charge is 0.0398 e. The minimum atomic E-state index is 0.592. The molecule has 0 aromatic heterocycles. The van der Waals surface area contributed by atoms with Gasteiger partial charge in [-0.1, -0.05) is 42.5 Å². The molecule has 1 aromatic carbocycles. The molecule has 0 atom stereocenters. The zero-order valence-electron chi connectivity index (χ0n) is 7.33. The highest BCUT2D eigenvalue weighted by Crippen LogP contribution is 2.13. The van der Waals surface area contributed by atoms with E-state index in [4.69, 9.17) is 5.73 Å². The summed E-state index contributed by atoms with van der Waals surface area (Å²) in [7, 11) is 0. The van der Waals surface area contributed by atoms with E-state index >= 15 is 0 Å². The molecule has 0 saturated heterocycles. The summed E-state index contributed by atoms with van der Waals surface area (Å²) in [5.74, 6) is 1.18. The van der Waals surface area contributed by atoms with Crippen LogP contribution in [0, 0.1) is 5.92 Å². The van der Waals surface area contributed by atoms with Gasteiger partial charge < -0.3 is 5.73 Å². The lowest BCUT2D eigenvalue weighted by atomic mass is 9.99. The van der Waals surface area contributed by atoms with Crippen LogP contribution in [0.1, 0.15) is 12.5 Å². The average Bonchev–Trinajstić information content (AvgIpc) is 2.15. The third-order valence-corrected chi connectivity index (χ3v) is 1.73. The van der Waals surface area contributed by atoms with Gasteiger partial charge in [0.05, 0.1) is 0 Å². The van der Waals surface area contributed by atoms with Gasteiger partial charge in [-0.2, -0.15) is 0 Å². The zero-order valence-corrected chi connectivity index (χ0v) is 7.33. The lowest BCUT2D eigenvalue weighted by molar-refractivity contribution is 1.06. The number of benzene rings is 1. The van der Waals surface area contributed by atoms with Crippen LogP contribution in [0.2, 0.25) is 0 Å². The van der Waals surface area contributed by atoms with E-state index in [1.807, 2.05) is 31.2 Å². The number of nitrogens with two attached hydrogens (primary N) is 1. The second-order valence-corrected chi connectivity index (χ2v) is 2.60. The Balaban J connectivity index is 2.80. The fourth-order valence-electron chi connectivity index (χ4n) is 1.14. The van der Waals surface area contributed by atoms with Gasteiger partial charge in [-0.25, -0.2) is 0 Å². The topological polar surface area (TPSA) is 26.0 Å². The monoisotopic (exact) mass is 160 g/mol. The van der Waals surface area contributed by atoms with E-state index in [1.165, 1.54) is 11.5 Å². The fraction of sp³-hybridized carbons (Fsp3) is 0.182. The molecule has 1 radical (unpaired) electrons. The first-order chi connectivity index (χ1) is 5.88. The molecule has 2 N–H and O–H groups in total.